The third kappa shape index (κ3) is 3.45. The number of anilines is 1. The van der Waals surface area contributed by atoms with Gasteiger partial charge in [0.25, 0.3) is 0 Å². The maximum Gasteiger partial charge on any atom is 0.134 e. The Labute approximate surface area is 120 Å². The first-order chi connectivity index (χ1) is 8.54. The Balaban J connectivity index is 2.08. The van der Waals surface area contributed by atoms with Crippen molar-refractivity contribution in [1.82, 2.24) is 0 Å². The van der Waals surface area contributed by atoms with Gasteiger partial charge in [0.15, 0.2) is 0 Å². The van der Waals surface area contributed by atoms with Gasteiger partial charge < -0.3 is 10.4 Å². The second-order valence-electron chi connectivity index (χ2n) is 3.80. The Morgan fingerprint density at radius 1 is 0.944 bits per heavy atom. The molecule has 2 aromatic carbocycles. The fourth-order valence-electron chi connectivity index (χ4n) is 1.53. The summed E-state index contributed by atoms with van der Waals surface area (Å²) in [6.07, 6.45) is 0. The van der Waals surface area contributed by atoms with E-state index in [9.17, 15) is 5.11 Å². The van der Waals surface area contributed by atoms with E-state index in [4.69, 9.17) is 34.8 Å². The van der Waals surface area contributed by atoms with Crippen LogP contribution in [0.2, 0.25) is 15.1 Å². The molecule has 0 saturated carbocycles. The smallest absolute Gasteiger partial charge is 0.134 e. The third-order valence-corrected chi connectivity index (χ3v) is 3.11. The summed E-state index contributed by atoms with van der Waals surface area (Å²) in [4.78, 5) is 0. The van der Waals surface area contributed by atoms with Gasteiger partial charge in [-0.25, -0.2) is 0 Å². The highest BCUT2D eigenvalue weighted by molar-refractivity contribution is 6.34. The SMILES string of the molecule is Oc1ccc(NCc2cc(Cl)cc(Cl)c2)cc1Cl. The summed E-state index contributed by atoms with van der Waals surface area (Å²) in [5.74, 6) is 0.0630. The van der Waals surface area contributed by atoms with E-state index in [2.05, 4.69) is 5.32 Å². The van der Waals surface area contributed by atoms with E-state index in [1.165, 1.54) is 6.07 Å². The molecule has 0 bridgehead atoms. The zero-order valence-corrected chi connectivity index (χ0v) is 11.5. The van der Waals surface area contributed by atoms with Crippen LogP contribution in [-0.4, -0.2) is 5.11 Å². The fourth-order valence-corrected chi connectivity index (χ4v) is 2.29. The lowest BCUT2D eigenvalue weighted by Gasteiger charge is -2.08. The van der Waals surface area contributed by atoms with Gasteiger partial charge in [-0.15, -0.1) is 0 Å². The Kier molecular flexibility index (Phi) is 4.23. The molecular formula is C13H10Cl3NO. The number of aromatic hydroxyl groups is 1. The molecule has 2 N–H and O–H groups in total. The number of nitrogens with one attached hydrogen (secondary N) is 1. The van der Waals surface area contributed by atoms with Gasteiger partial charge in [0.1, 0.15) is 5.75 Å². The monoisotopic (exact) mass is 301 g/mol. The van der Waals surface area contributed by atoms with Crippen molar-refractivity contribution in [2.24, 2.45) is 0 Å². The Hall–Kier alpha value is -1.09. The van der Waals surface area contributed by atoms with Crippen LogP contribution >= 0.6 is 34.8 Å². The molecule has 2 nitrogen and oxygen atoms in total. The van der Waals surface area contributed by atoms with Crippen LogP contribution in [0.3, 0.4) is 0 Å². The first-order valence-electron chi connectivity index (χ1n) is 5.22. The average Bonchev–Trinajstić information content (AvgIpc) is 2.29. The minimum atomic E-state index is 0.0630. The number of halogens is 3. The van der Waals surface area contributed by atoms with Crippen molar-refractivity contribution in [3.8, 4) is 5.75 Å². The van der Waals surface area contributed by atoms with Crippen molar-refractivity contribution in [2.45, 2.75) is 6.54 Å². The summed E-state index contributed by atoms with van der Waals surface area (Å²) >= 11 is 17.6. The molecule has 0 amide bonds. The van der Waals surface area contributed by atoms with Gasteiger partial charge in [-0.05, 0) is 42.0 Å². The van der Waals surface area contributed by atoms with Crippen LogP contribution in [-0.2, 0) is 6.54 Å². The van der Waals surface area contributed by atoms with Gasteiger partial charge >= 0.3 is 0 Å². The van der Waals surface area contributed by atoms with Crippen molar-refractivity contribution >= 4 is 40.5 Å². The highest BCUT2D eigenvalue weighted by Gasteiger charge is 2.01. The Morgan fingerprint density at radius 3 is 2.22 bits per heavy atom. The number of hydrogen-bond donors (Lipinski definition) is 2. The van der Waals surface area contributed by atoms with Crippen LogP contribution in [0.1, 0.15) is 5.56 Å². The predicted octanol–water partition coefficient (Wildman–Crippen LogP) is 4.96. The first-order valence-corrected chi connectivity index (χ1v) is 6.35. The normalized spacial score (nSPS) is 10.4. The van der Waals surface area contributed by atoms with Crippen LogP contribution in [0.25, 0.3) is 0 Å². The van der Waals surface area contributed by atoms with Crippen LogP contribution in [0.4, 0.5) is 5.69 Å². The standard InChI is InChI=1S/C13H10Cl3NO/c14-9-3-8(4-10(15)5-9)7-17-11-1-2-13(18)12(16)6-11/h1-6,17-18H,7H2. The summed E-state index contributed by atoms with van der Waals surface area (Å²) < 4.78 is 0. The molecule has 0 radical (unpaired) electrons. The van der Waals surface area contributed by atoms with Crippen LogP contribution in [0, 0.1) is 0 Å². The minimum absolute atomic E-state index is 0.0630. The highest BCUT2D eigenvalue weighted by atomic mass is 35.5. The van der Waals surface area contributed by atoms with Gasteiger partial charge in [0.2, 0.25) is 0 Å². The molecule has 0 fully saturated rings. The number of phenols is 1. The van der Waals surface area contributed by atoms with Crippen LogP contribution < -0.4 is 5.32 Å². The van der Waals surface area contributed by atoms with E-state index in [1.807, 2.05) is 12.1 Å². The second kappa shape index (κ2) is 5.70. The van der Waals surface area contributed by atoms with E-state index in [-0.39, 0.29) is 5.75 Å². The molecule has 18 heavy (non-hydrogen) atoms. The summed E-state index contributed by atoms with van der Waals surface area (Å²) in [6, 6.07) is 10.3. The summed E-state index contributed by atoms with van der Waals surface area (Å²) in [6.45, 7) is 0.571. The van der Waals surface area contributed by atoms with E-state index in [0.29, 0.717) is 21.6 Å². The molecule has 5 heteroatoms. The van der Waals surface area contributed by atoms with E-state index in [1.54, 1.807) is 18.2 Å². The molecule has 2 aromatic rings. The lowest BCUT2D eigenvalue weighted by molar-refractivity contribution is 0.475. The lowest BCUT2D eigenvalue weighted by Crippen LogP contribution is -1.99. The van der Waals surface area contributed by atoms with Crippen molar-refractivity contribution in [3.05, 3.63) is 57.0 Å². The molecule has 0 aliphatic rings. The fraction of sp³-hybridized carbons (Fsp3) is 0.0769. The third-order valence-electron chi connectivity index (χ3n) is 2.37. The number of hydrogen-bond acceptors (Lipinski definition) is 2. The maximum absolute atomic E-state index is 9.31. The van der Waals surface area contributed by atoms with E-state index >= 15 is 0 Å². The van der Waals surface area contributed by atoms with E-state index in [0.717, 1.165) is 11.3 Å². The van der Waals surface area contributed by atoms with Gasteiger partial charge in [-0.2, -0.15) is 0 Å². The molecule has 0 spiro atoms. The van der Waals surface area contributed by atoms with Crippen molar-refractivity contribution in [2.75, 3.05) is 5.32 Å². The minimum Gasteiger partial charge on any atom is -0.506 e. The Morgan fingerprint density at radius 2 is 1.61 bits per heavy atom. The molecular weight excluding hydrogens is 293 g/mol. The molecule has 0 saturated heterocycles. The largest absolute Gasteiger partial charge is 0.506 e. The summed E-state index contributed by atoms with van der Waals surface area (Å²) in [5.41, 5.74) is 1.78. The van der Waals surface area contributed by atoms with Gasteiger partial charge in [-0.3, -0.25) is 0 Å². The molecule has 0 unspecified atom stereocenters. The highest BCUT2D eigenvalue weighted by Crippen LogP contribution is 2.26. The summed E-state index contributed by atoms with van der Waals surface area (Å²) in [5, 5.41) is 14.0. The average molecular weight is 303 g/mol. The van der Waals surface area contributed by atoms with Crippen molar-refractivity contribution < 1.29 is 5.11 Å². The quantitative estimate of drug-likeness (QED) is 0.785. The molecule has 2 rings (SSSR count). The topological polar surface area (TPSA) is 32.3 Å². The van der Waals surface area contributed by atoms with Gasteiger partial charge in [0.05, 0.1) is 5.02 Å². The molecule has 0 aromatic heterocycles. The molecule has 0 aliphatic carbocycles. The van der Waals surface area contributed by atoms with Gasteiger partial charge in [0, 0.05) is 22.3 Å². The predicted molar refractivity (Wildman–Crippen MR) is 76.9 cm³/mol. The molecule has 94 valence electrons. The van der Waals surface area contributed by atoms with Crippen LogP contribution in [0.15, 0.2) is 36.4 Å². The first kappa shape index (κ1) is 13.3. The molecule has 0 atom stereocenters. The van der Waals surface area contributed by atoms with Crippen molar-refractivity contribution in [3.63, 3.8) is 0 Å². The number of phenolic OH excluding ortho intramolecular Hbond substituents is 1. The Bertz CT molecular complexity index is 552. The van der Waals surface area contributed by atoms with Crippen molar-refractivity contribution in [1.29, 1.82) is 0 Å². The zero-order chi connectivity index (χ0) is 13.1. The molecule has 0 aliphatic heterocycles. The maximum atomic E-state index is 9.31. The number of benzene rings is 2. The molecule has 0 heterocycles. The lowest BCUT2D eigenvalue weighted by atomic mass is 10.2. The second-order valence-corrected chi connectivity index (χ2v) is 5.08. The zero-order valence-electron chi connectivity index (χ0n) is 9.25. The van der Waals surface area contributed by atoms with E-state index < -0.39 is 0 Å². The number of rotatable bonds is 3. The van der Waals surface area contributed by atoms with Crippen LogP contribution in [0.5, 0.6) is 5.75 Å². The summed E-state index contributed by atoms with van der Waals surface area (Å²) in [7, 11) is 0. The van der Waals surface area contributed by atoms with Gasteiger partial charge in [-0.1, -0.05) is 34.8 Å².